The van der Waals surface area contributed by atoms with Gasteiger partial charge in [0.2, 0.25) is 5.91 Å². The van der Waals surface area contributed by atoms with Gasteiger partial charge in [-0.1, -0.05) is 47.0 Å². The molecule has 1 amide bonds. The molecule has 0 aliphatic carbocycles. The lowest BCUT2D eigenvalue weighted by Crippen LogP contribution is -2.45. The van der Waals surface area contributed by atoms with E-state index in [1.54, 1.807) is 0 Å². The van der Waals surface area contributed by atoms with Crippen molar-refractivity contribution in [3.8, 4) is 0 Å². The highest BCUT2D eigenvalue weighted by molar-refractivity contribution is 5.83. The summed E-state index contributed by atoms with van der Waals surface area (Å²) in [6, 6.07) is 0. The Morgan fingerprint density at radius 2 is 2.05 bits per heavy atom. The summed E-state index contributed by atoms with van der Waals surface area (Å²) in [6.45, 7) is 11.5. The van der Waals surface area contributed by atoms with E-state index in [1.165, 1.54) is 25.7 Å². The molecule has 0 aromatic rings. The maximum Gasteiger partial charge on any atom is 0.227 e. The zero-order chi connectivity index (χ0) is 14.4. The molecular weight excluding hydrogens is 236 g/mol. The van der Waals surface area contributed by atoms with Crippen molar-refractivity contribution in [1.29, 1.82) is 0 Å². The van der Waals surface area contributed by atoms with E-state index < -0.39 is 0 Å². The quantitative estimate of drug-likeness (QED) is 0.664. The first-order chi connectivity index (χ1) is 8.96. The second-order valence-corrected chi connectivity index (χ2v) is 6.86. The van der Waals surface area contributed by atoms with Gasteiger partial charge in [-0.3, -0.25) is 4.79 Å². The van der Waals surface area contributed by atoms with E-state index in [-0.39, 0.29) is 16.7 Å². The summed E-state index contributed by atoms with van der Waals surface area (Å²) in [7, 11) is 0. The van der Waals surface area contributed by atoms with Crippen LogP contribution in [0.4, 0.5) is 0 Å². The molecule has 1 rings (SSSR count). The zero-order valence-corrected chi connectivity index (χ0v) is 13.3. The van der Waals surface area contributed by atoms with E-state index >= 15 is 0 Å². The molecule has 0 aromatic heterocycles. The van der Waals surface area contributed by atoms with Gasteiger partial charge in [-0.25, -0.2) is 0 Å². The fraction of sp³-hybridized carbons (Fsp3) is 0.938. The lowest BCUT2D eigenvalue weighted by atomic mass is 9.82. The molecule has 3 nitrogen and oxygen atoms in total. The Hall–Kier alpha value is -0.570. The molecule has 19 heavy (non-hydrogen) atoms. The highest BCUT2D eigenvalue weighted by Crippen LogP contribution is 2.30. The van der Waals surface area contributed by atoms with Crippen LogP contribution in [-0.4, -0.2) is 25.5 Å². The minimum absolute atomic E-state index is 0.153. The first-order valence-electron chi connectivity index (χ1n) is 7.95. The van der Waals surface area contributed by atoms with Gasteiger partial charge in [0.1, 0.15) is 0 Å². The Balaban J connectivity index is 2.40. The van der Waals surface area contributed by atoms with Crippen LogP contribution >= 0.6 is 0 Å². The average molecular weight is 268 g/mol. The highest BCUT2D eigenvalue weighted by atomic mass is 16.2. The van der Waals surface area contributed by atoms with Crippen molar-refractivity contribution >= 4 is 5.91 Å². The summed E-state index contributed by atoms with van der Waals surface area (Å²) >= 11 is 0. The number of carbonyl (C=O) groups excluding carboxylic acids is 1. The monoisotopic (exact) mass is 268 g/mol. The lowest BCUT2D eigenvalue weighted by Gasteiger charge is -2.30. The normalized spacial score (nSPS) is 23.6. The van der Waals surface area contributed by atoms with Crippen molar-refractivity contribution < 1.29 is 4.79 Å². The van der Waals surface area contributed by atoms with Crippen molar-refractivity contribution in [1.82, 2.24) is 10.6 Å². The van der Waals surface area contributed by atoms with Crippen LogP contribution in [0.15, 0.2) is 0 Å². The molecule has 1 aliphatic heterocycles. The molecule has 1 heterocycles. The predicted molar refractivity (Wildman–Crippen MR) is 81.1 cm³/mol. The molecule has 1 saturated heterocycles. The third-order valence-electron chi connectivity index (χ3n) is 4.59. The molecular formula is C16H32N2O. The van der Waals surface area contributed by atoms with Gasteiger partial charge in [0.25, 0.3) is 0 Å². The Bertz CT molecular complexity index is 280. The summed E-state index contributed by atoms with van der Waals surface area (Å²) in [4.78, 5) is 12.4. The molecule has 0 spiro atoms. The molecule has 2 N–H and O–H groups in total. The van der Waals surface area contributed by atoms with E-state index in [2.05, 4.69) is 38.3 Å². The maximum atomic E-state index is 12.4. The number of carbonyl (C=O) groups is 1. The second kappa shape index (κ2) is 7.28. The third-order valence-corrected chi connectivity index (χ3v) is 4.59. The Labute approximate surface area is 118 Å². The van der Waals surface area contributed by atoms with Crippen LogP contribution in [0.25, 0.3) is 0 Å². The molecule has 1 atom stereocenters. The van der Waals surface area contributed by atoms with E-state index in [1.807, 2.05) is 0 Å². The second-order valence-electron chi connectivity index (χ2n) is 6.86. The largest absolute Gasteiger partial charge is 0.355 e. The van der Waals surface area contributed by atoms with Crippen molar-refractivity contribution in [2.24, 2.45) is 10.8 Å². The average Bonchev–Trinajstić information content (AvgIpc) is 2.86. The van der Waals surface area contributed by atoms with Crippen LogP contribution in [0, 0.1) is 10.8 Å². The first-order valence-corrected chi connectivity index (χ1v) is 7.95. The van der Waals surface area contributed by atoms with Crippen LogP contribution in [0.2, 0.25) is 0 Å². The van der Waals surface area contributed by atoms with Crippen molar-refractivity contribution in [3.63, 3.8) is 0 Å². The van der Waals surface area contributed by atoms with Gasteiger partial charge in [-0.2, -0.15) is 0 Å². The van der Waals surface area contributed by atoms with Gasteiger partial charge in [-0.05, 0) is 31.2 Å². The molecule has 1 aliphatic rings. The van der Waals surface area contributed by atoms with Gasteiger partial charge in [0.05, 0.1) is 5.41 Å². The Morgan fingerprint density at radius 3 is 2.58 bits per heavy atom. The van der Waals surface area contributed by atoms with Crippen LogP contribution in [0.1, 0.15) is 66.2 Å². The number of amides is 1. The van der Waals surface area contributed by atoms with E-state index in [0.29, 0.717) is 0 Å². The number of nitrogens with one attached hydrogen (secondary N) is 2. The van der Waals surface area contributed by atoms with Crippen LogP contribution in [-0.2, 0) is 4.79 Å². The molecule has 0 radical (unpaired) electrons. The molecule has 0 aromatic carbocycles. The Morgan fingerprint density at radius 1 is 1.32 bits per heavy atom. The van der Waals surface area contributed by atoms with Crippen LogP contribution in [0.5, 0.6) is 0 Å². The van der Waals surface area contributed by atoms with Gasteiger partial charge < -0.3 is 10.6 Å². The smallest absolute Gasteiger partial charge is 0.227 e. The molecule has 0 bridgehead atoms. The van der Waals surface area contributed by atoms with Crippen LogP contribution in [0.3, 0.4) is 0 Å². The minimum atomic E-state index is -0.153. The van der Waals surface area contributed by atoms with E-state index in [4.69, 9.17) is 0 Å². The molecule has 112 valence electrons. The molecule has 1 fully saturated rings. The topological polar surface area (TPSA) is 41.1 Å². The summed E-state index contributed by atoms with van der Waals surface area (Å²) in [5.41, 5.74) is 0.0608. The molecule has 3 heteroatoms. The van der Waals surface area contributed by atoms with Gasteiger partial charge in [0, 0.05) is 13.1 Å². The van der Waals surface area contributed by atoms with Crippen molar-refractivity contribution in [3.05, 3.63) is 0 Å². The van der Waals surface area contributed by atoms with Crippen molar-refractivity contribution in [2.75, 3.05) is 19.6 Å². The van der Waals surface area contributed by atoms with E-state index in [0.717, 1.165) is 32.5 Å². The molecule has 1 unspecified atom stereocenters. The number of rotatable bonds is 8. The van der Waals surface area contributed by atoms with Gasteiger partial charge >= 0.3 is 0 Å². The number of hydrogen-bond donors (Lipinski definition) is 2. The summed E-state index contributed by atoms with van der Waals surface area (Å²) in [5, 5.41) is 6.53. The third kappa shape index (κ3) is 4.79. The summed E-state index contributed by atoms with van der Waals surface area (Å²) in [6.07, 6.45) is 6.92. The van der Waals surface area contributed by atoms with E-state index in [9.17, 15) is 4.79 Å². The summed E-state index contributed by atoms with van der Waals surface area (Å²) in [5.74, 6) is 0.253. The molecule has 0 saturated carbocycles. The lowest BCUT2D eigenvalue weighted by molar-refractivity contribution is -0.130. The van der Waals surface area contributed by atoms with Crippen molar-refractivity contribution in [2.45, 2.75) is 66.2 Å². The predicted octanol–water partition coefficient (Wildman–Crippen LogP) is 3.10. The van der Waals surface area contributed by atoms with Gasteiger partial charge in [-0.15, -0.1) is 0 Å². The SMILES string of the molecule is CCCCCC(C)(C)CNC(=O)C1(CC)CCNC1. The van der Waals surface area contributed by atoms with Crippen LogP contribution < -0.4 is 10.6 Å². The highest BCUT2D eigenvalue weighted by Gasteiger charge is 2.39. The number of unbranched alkanes of at least 4 members (excludes halogenated alkanes) is 2. The zero-order valence-electron chi connectivity index (χ0n) is 13.3. The standard InChI is InChI=1S/C16H32N2O/c1-5-7-8-9-15(3,4)12-18-14(19)16(6-2)10-11-17-13-16/h17H,5-13H2,1-4H3,(H,18,19). The maximum absolute atomic E-state index is 12.4. The van der Waals surface area contributed by atoms with Gasteiger partial charge in [0.15, 0.2) is 0 Å². The fourth-order valence-electron chi connectivity index (χ4n) is 2.85. The number of hydrogen-bond acceptors (Lipinski definition) is 2. The minimum Gasteiger partial charge on any atom is -0.355 e. The first kappa shape index (κ1) is 16.5. The summed E-state index contributed by atoms with van der Waals surface area (Å²) < 4.78 is 0. The fourth-order valence-corrected chi connectivity index (χ4v) is 2.85. The Kier molecular flexibility index (Phi) is 6.31.